The van der Waals surface area contributed by atoms with Crippen molar-refractivity contribution in [3.05, 3.63) is 50.1 Å². The number of sulfonamides is 1. The third-order valence-corrected chi connectivity index (χ3v) is 6.46. The van der Waals surface area contributed by atoms with Gasteiger partial charge in [0.15, 0.2) is 6.61 Å². The molecule has 0 unspecified atom stereocenters. The Balaban J connectivity index is 2.14. The van der Waals surface area contributed by atoms with Gasteiger partial charge in [0.2, 0.25) is 15.8 Å². The average molecular weight is 446 g/mol. The Morgan fingerprint density at radius 1 is 1.24 bits per heavy atom. The average Bonchev–Trinajstić information content (AvgIpc) is 2.99. The third kappa shape index (κ3) is 4.97. The highest BCUT2D eigenvalue weighted by Gasteiger charge is 2.19. The van der Waals surface area contributed by atoms with Gasteiger partial charge in [-0.05, 0) is 52.7 Å². The second-order valence-electron chi connectivity index (χ2n) is 5.08. The maximum absolute atomic E-state index is 12.2. The van der Waals surface area contributed by atoms with Crippen LogP contribution in [0.3, 0.4) is 0 Å². The summed E-state index contributed by atoms with van der Waals surface area (Å²) in [6.07, 6.45) is 0. The molecule has 2 rings (SSSR count). The molecule has 0 radical (unpaired) electrons. The van der Waals surface area contributed by atoms with Crippen molar-refractivity contribution in [2.24, 2.45) is 0 Å². The largest absolute Gasteiger partial charge is 0.454 e. The Morgan fingerprint density at radius 3 is 2.56 bits per heavy atom. The molecule has 0 aliphatic rings. The highest BCUT2D eigenvalue weighted by atomic mass is 79.9. The minimum absolute atomic E-state index is 0.0274. The molecule has 0 aliphatic carbocycles. The van der Waals surface area contributed by atoms with Crippen molar-refractivity contribution >= 4 is 49.0 Å². The first-order valence-corrected chi connectivity index (χ1v) is 10.4. The van der Waals surface area contributed by atoms with Gasteiger partial charge >= 0.3 is 5.97 Å². The van der Waals surface area contributed by atoms with E-state index in [0.717, 1.165) is 3.79 Å². The molecular weight excluding hydrogens is 430 g/mol. The molecule has 0 spiro atoms. The summed E-state index contributed by atoms with van der Waals surface area (Å²) >= 11 is 4.51. The van der Waals surface area contributed by atoms with E-state index in [-0.39, 0.29) is 22.8 Å². The molecule has 0 amide bonds. The Morgan fingerprint density at radius 2 is 1.96 bits per heavy atom. The summed E-state index contributed by atoms with van der Waals surface area (Å²) in [5.41, 5.74) is 0.672. The van der Waals surface area contributed by atoms with Gasteiger partial charge in [-0.3, -0.25) is 4.79 Å². The molecule has 0 bridgehead atoms. The summed E-state index contributed by atoms with van der Waals surface area (Å²) < 4.78 is 32.3. The maximum atomic E-state index is 12.2. The zero-order chi connectivity index (χ0) is 18.6. The molecule has 6 nitrogen and oxygen atoms in total. The maximum Gasteiger partial charge on any atom is 0.338 e. The monoisotopic (exact) mass is 445 g/mol. The van der Waals surface area contributed by atoms with Gasteiger partial charge in [-0.15, -0.1) is 11.3 Å². The van der Waals surface area contributed by atoms with Crippen LogP contribution >= 0.6 is 27.3 Å². The number of ketones is 1. The zero-order valence-electron chi connectivity index (χ0n) is 13.5. The normalized spacial score (nSPS) is 11.3. The SMILES string of the molecule is CCNS(=O)(=O)c1ccc(C)c(C(=O)OCC(=O)c2ccc(Br)s2)c1. The van der Waals surface area contributed by atoms with E-state index in [1.807, 2.05) is 0 Å². The summed E-state index contributed by atoms with van der Waals surface area (Å²) in [6.45, 7) is 3.16. The van der Waals surface area contributed by atoms with Crippen LogP contribution in [0.25, 0.3) is 0 Å². The molecule has 1 N–H and O–H groups in total. The highest BCUT2D eigenvalue weighted by Crippen LogP contribution is 2.23. The number of benzene rings is 1. The van der Waals surface area contributed by atoms with Crippen LogP contribution in [-0.2, 0) is 14.8 Å². The topological polar surface area (TPSA) is 89.5 Å². The number of hydrogen-bond donors (Lipinski definition) is 1. The van der Waals surface area contributed by atoms with E-state index in [2.05, 4.69) is 20.7 Å². The molecule has 0 fully saturated rings. The van der Waals surface area contributed by atoms with E-state index in [0.29, 0.717) is 10.4 Å². The molecule has 2 aromatic rings. The molecule has 25 heavy (non-hydrogen) atoms. The fraction of sp³-hybridized carbons (Fsp3) is 0.250. The van der Waals surface area contributed by atoms with Gasteiger partial charge in [-0.1, -0.05) is 13.0 Å². The number of nitrogens with one attached hydrogen (secondary N) is 1. The Hall–Kier alpha value is -1.55. The van der Waals surface area contributed by atoms with Crippen LogP contribution in [0.2, 0.25) is 0 Å². The number of Topliss-reactive ketones (excluding diaryl/α,β-unsaturated/α-hetero) is 1. The minimum atomic E-state index is -3.68. The van der Waals surface area contributed by atoms with Crippen molar-refractivity contribution in [2.75, 3.05) is 13.2 Å². The number of esters is 1. The van der Waals surface area contributed by atoms with Gasteiger partial charge in [-0.25, -0.2) is 17.9 Å². The van der Waals surface area contributed by atoms with Gasteiger partial charge in [0.25, 0.3) is 0 Å². The van der Waals surface area contributed by atoms with Gasteiger partial charge in [-0.2, -0.15) is 0 Å². The zero-order valence-corrected chi connectivity index (χ0v) is 16.8. The molecule has 0 saturated carbocycles. The summed E-state index contributed by atoms with van der Waals surface area (Å²) in [4.78, 5) is 24.7. The van der Waals surface area contributed by atoms with Crippen LogP contribution < -0.4 is 4.72 Å². The standard InChI is InChI=1S/C16H16BrNO5S2/c1-3-18-25(21,22)11-5-4-10(2)12(8-11)16(20)23-9-13(19)14-6-7-15(17)24-14/h4-8,18H,3,9H2,1-2H3. The summed E-state index contributed by atoms with van der Waals surface area (Å²) in [5.74, 6) is -1.06. The molecule has 9 heteroatoms. The lowest BCUT2D eigenvalue weighted by Gasteiger charge is -2.09. The lowest BCUT2D eigenvalue weighted by atomic mass is 10.1. The second-order valence-corrected chi connectivity index (χ2v) is 9.31. The Labute approximate surface area is 158 Å². The van der Waals surface area contributed by atoms with E-state index >= 15 is 0 Å². The van der Waals surface area contributed by atoms with Crippen LogP contribution in [0.5, 0.6) is 0 Å². The molecule has 0 saturated heterocycles. The first-order valence-electron chi connectivity index (χ1n) is 7.30. The summed E-state index contributed by atoms with van der Waals surface area (Å²) in [7, 11) is -3.68. The van der Waals surface area contributed by atoms with Gasteiger partial charge in [0.05, 0.1) is 19.1 Å². The van der Waals surface area contributed by atoms with E-state index in [1.165, 1.54) is 29.5 Å². The van der Waals surface area contributed by atoms with Crippen molar-refractivity contribution in [3.8, 4) is 0 Å². The van der Waals surface area contributed by atoms with Crippen LogP contribution in [-0.4, -0.2) is 33.3 Å². The lowest BCUT2D eigenvalue weighted by Crippen LogP contribution is -2.23. The van der Waals surface area contributed by atoms with Crippen molar-refractivity contribution < 1.29 is 22.7 Å². The molecule has 1 aromatic heterocycles. The van der Waals surface area contributed by atoms with Gasteiger partial charge in [0, 0.05) is 6.54 Å². The first-order chi connectivity index (χ1) is 11.7. The first kappa shape index (κ1) is 19.8. The summed E-state index contributed by atoms with van der Waals surface area (Å²) in [6, 6.07) is 7.57. The van der Waals surface area contributed by atoms with Crippen molar-refractivity contribution in [2.45, 2.75) is 18.7 Å². The molecule has 134 valence electrons. The predicted molar refractivity (Wildman–Crippen MR) is 98.7 cm³/mol. The number of hydrogen-bond acceptors (Lipinski definition) is 6. The van der Waals surface area contributed by atoms with E-state index in [9.17, 15) is 18.0 Å². The van der Waals surface area contributed by atoms with Crippen LogP contribution in [0, 0.1) is 6.92 Å². The molecular formula is C16H16BrNO5S2. The number of aryl methyl sites for hydroxylation is 1. The van der Waals surface area contributed by atoms with E-state index in [4.69, 9.17) is 4.74 Å². The number of rotatable bonds is 7. The second kappa shape index (κ2) is 8.22. The Kier molecular flexibility index (Phi) is 6.50. The number of carbonyl (C=O) groups excluding carboxylic acids is 2. The molecule has 0 atom stereocenters. The quantitative estimate of drug-likeness (QED) is 0.522. The van der Waals surface area contributed by atoms with Gasteiger partial charge in [0.1, 0.15) is 0 Å². The van der Waals surface area contributed by atoms with E-state index < -0.39 is 22.6 Å². The van der Waals surface area contributed by atoms with E-state index in [1.54, 1.807) is 26.0 Å². The van der Waals surface area contributed by atoms with Crippen molar-refractivity contribution in [3.63, 3.8) is 0 Å². The summed E-state index contributed by atoms with van der Waals surface area (Å²) in [5, 5.41) is 0. The minimum Gasteiger partial charge on any atom is -0.454 e. The third-order valence-electron chi connectivity index (χ3n) is 3.26. The molecule has 1 aromatic carbocycles. The highest BCUT2D eigenvalue weighted by molar-refractivity contribution is 9.11. The Bertz CT molecular complexity index is 905. The molecule has 1 heterocycles. The predicted octanol–water partition coefficient (Wildman–Crippen LogP) is 3.16. The van der Waals surface area contributed by atoms with Crippen LogP contribution in [0.4, 0.5) is 0 Å². The van der Waals surface area contributed by atoms with Crippen LogP contribution in [0.15, 0.2) is 39.0 Å². The van der Waals surface area contributed by atoms with Crippen molar-refractivity contribution in [1.29, 1.82) is 0 Å². The van der Waals surface area contributed by atoms with Gasteiger partial charge < -0.3 is 4.74 Å². The number of thiophene rings is 1. The molecule has 0 aliphatic heterocycles. The number of ether oxygens (including phenoxy) is 1. The smallest absolute Gasteiger partial charge is 0.338 e. The lowest BCUT2D eigenvalue weighted by molar-refractivity contribution is 0.0475. The van der Waals surface area contributed by atoms with Crippen molar-refractivity contribution in [1.82, 2.24) is 4.72 Å². The number of carbonyl (C=O) groups is 2. The van der Waals surface area contributed by atoms with Crippen LogP contribution in [0.1, 0.15) is 32.5 Å². The fourth-order valence-electron chi connectivity index (χ4n) is 2.01. The number of halogens is 1. The fourth-order valence-corrected chi connectivity index (χ4v) is 4.38.